The van der Waals surface area contributed by atoms with Gasteiger partial charge >= 0.3 is 5.97 Å². The maximum atomic E-state index is 11.1. The molecule has 0 saturated heterocycles. The lowest BCUT2D eigenvalue weighted by Gasteiger charge is -1.93. The van der Waals surface area contributed by atoms with Crippen molar-refractivity contribution in [2.75, 3.05) is 7.11 Å². The molecule has 0 bridgehead atoms. The summed E-state index contributed by atoms with van der Waals surface area (Å²) in [6.07, 6.45) is 1.71. The summed E-state index contributed by atoms with van der Waals surface area (Å²) in [5, 5.41) is 0. The zero-order valence-corrected chi connectivity index (χ0v) is 8.92. The summed E-state index contributed by atoms with van der Waals surface area (Å²) in [5.74, 6) is 0.421. The van der Waals surface area contributed by atoms with Gasteiger partial charge in [0.25, 0.3) is 0 Å². The van der Waals surface area contributed by atoms with Crippen molar-refractivity contribution < 1.29 is 13.9 Å². The van der Waals surface area contributed by atoms with E-state index in [2.05, 4.69) is 20.7 Å². The Morgan fingerprint density at radius 3 is 2.92 bits per heavy atom. The van der Waals surface area contributed by atoms with Crippen LogP contribution in [0.15, 0.2) is 15.5 Å². The molecule has 70 valence electrons. The monoisotopic (exact) mass is 244 g/mol. The van der Waals surface area contributed by atoms with E-state index in [1.807, 2.05) is 0 Å². The third kappa shape index (κ3) is 2.21. The molecule has 0 aliphatic heterocycles. The fourth-order valence-corrected chi connectivity index (χ4v) is 1.21. The second-order valence-electron chi connectivity index (χ2n) is 2.45. The van der Waals surface area contributed by atoms with Crippen molar-refractivity contribution in [3.05, 3.63) is 28.1 Å². The molecule has 3 nitrogen and oxygen atoms in total. The molecule has 0 saturated carbocycles. The van der Waals surface area contributed by atoms with Gasteiger partial charge in [0, 0.05) is 5.56 Å². The van der Waals surface area contributed by atoms with E-state index in [1.165, 1.54) is 7.11 Å². The fourth-order valence-electron chi connectivity index (χ4n) is 0.946. The van der Waals surface area contributed by atoms with Crippen molar-refractivity contribution in [1.29, 1.82) is 0 Å². The molecule has 0 spiro atoms. The predicted octanol–water partition coefficient (Wildman–Crippen LogP) is 2.74. The highest BCUT2D eigenvalue weighted by atomic mass is 79.9. The third-order valence-electron chi connectivity index (χ3n) is 1.53. The van der Waals surface area contributed by atoms with Gasteiger partial charge in [-0.3, -0.25) is 0 Å². The van der Waals surface area contributed by atoms with E-state index in [-0.39, 0.29) is 5.76 Å². The number of methoxy groups -OCH3 is 1. The number of hydrogen-bond acceptors (Lipinski definition) is 3. The molecule has 0 unspecified atom stereocenters. The van der Waals surface area contributed by atoms with Crippen LogP contribution >= 0.6 is 15.9 Å². The second kappa shape index (κ2) is 4.28. The third-order valence-corrected chi connectivity index (χ3v) is 1.80. The average Bonchev–Trinajstić information content (AvgIpc) is 2.46. The lowest BCUT2D eigenvalue weighted by Crippen LogP contribution is -2.00. The average molecular weight is 245 g/mol. The van der Waals surface area contributed by atoms with Crippen LogP contribution in [0.25, 0.3) is 6.08 Å². The summed E-state index contributed by atoms with van der Waals surface area (Å²) in [5.41, 5.74) is 0.771. The van der Waals surface area contributed by atoms with Crippen molar-refractivity contribution >= 4 is 28.0 Å². The van der Waals surface area contributed by atoms with Gasteiger partial charge in [-0.2, -0.15) is 0 Å². The Hall–Kier alpha value is -1.03. The van der Waals surface area contributed by atoms with Crippen LogP contribution in [-0.4, -0.2) is 13.1 Å². The Kier molecular flexibility index (Phi) is 3.31. The van der Waals surface area contributed by atoms with Crippen LogP contribution in [0.1, 0.15) is 21.9 Å². The Balaban J connectivity index is 3.02. The molecule has 0 radical (unpaired) electrons. The molecular formula is C9H9BrO3. The summed E-state index contributed by atoms with van der Waals surface area (Å²) in [6.45, 7) is 1.79. The number of halogens is 1. The van der Waals surface area contributed by atoms with E-state index in [0.29, 0.717) is 5.76 Å². The van der Waals surface area contributed by atoms with Crippen LogP contribution in [-0.2, 0) is 4.74 Å². The summed E-state index contributed by atoms with van der Waals surface area (Å²) in [4.78, 5) is 12.8. The van der Waals surface area contributed by atoms with E-state index < -0.39 is 5.97 Å². The van der Waals surface area contributed by atoms with Crippen LogP contribution in [0.2, 0.25) is 0 Å². The number of carbonyl (C=O) groups is 1. The summed E-state index contributed by atoms with van der Waals surface area (Å²) < 4.78 is 9.76. The molecule has 1 aromatic rings. The van der Waals surface area contributed by atoms with Gasteiger partial charge in [0.2, 0.25) is 5.76 Å². The Labute approximate surface area is 84.5 Å². The first-order valence-electron chi connectivity index (χ1n) is 3.64. The molecular weight excluding hydrogens is 236 g/mol. The fraction of sp³-hybridized carbons (Fsp3) is 0.222. The molecule has 0 fully saturated rings. The van der Waals surface area contributed by atoms with Gasteiger partial charge in [0.05, 0.1) is 7.11 Å². The smallest absolute Gasteiger partial charge is 0.374 e. The van der Waals surface area contributed by atoms with Gasteiger partial charge in [0.15, 0.2) is 0 Å². The molecule has 4 heteroatoms. The number of carbonyl (C=O) groups excluding carboxylic acids is 1. The second-order valence-corrected chi connectivity index (χ2v) is 2.97. The number of rotatable bonds is 2. The van der Waals surface area contributed by atoms with Crippen LogP contribution in [0, 0.1) is 6.92 Å². The number of esters is 1. The highest BCUT2D eigenvalue weighted by Gasteiger charge is 2.14. The SMILES string of the molecule is COC(=O)c1oc(/C=C/Br)cc1C. The van der Waals surface area contributed by atoms with E-state index in [9.17, 15) is 4.79 Å². The summed E-state index contributed by atoms with van der Waals surface area (Å²) in [7, 11) is 1.32. The zero-order valence-electron chi connectivity index (χ0n) is 7.33. The molecule has 0 aliphatic carbocycles. The van der Waals surface area contributed by atoms with Crippen molar-refractivity contribution in [2.24, 2.45) is 0 Å². The molecule has 0 amide bonds. The van der Waals surface area contributed by atoms with Crippen molar-refractivity contribution in [3.63, 3.8) is 0 Å². The molecule has 1 heterocycles. The van der Waals surface area contributed by atoms with Crippen LogP contribution < -0.4 is 0 Å². The highest BCUT2D eigenvalue weighted by Crippen LogP contribution is 2.17. The number of furan rings is 1. The largest absolute Gasteiger partial charge is 0.463 e. The first-order valence-corrected chi connectivity index (χ1v) is 4.56. The van der Waals surface area contributed by atoms with Gasteiger partial charge in [-0.15, -0.1) is 0 Å². The lowest BCUT2D eigenvalue weighted by molar-refractivity contribution is 0.0563. The van der Waals surface area contributed by atoms with Crippen LogP contribution in [0.5, 0.6) is 0 Å². The van der Waals surface area contributed by atoms with Crippen LogP contribution in [0.4, 0.5) is 0 Å². The summed E-state index contributed by atoms with van der Waals surface area (Å²) >= 11 is 3.12. The first kappa shape index (κ1) is 10.1. The standard InChI is InChI=1S/C9H9BrO3/c1-6-5-7(3-4-10)13-8(6)9(11)12-2/h3-5H,1-2H3/b4-3+. The van der Waals surface area contributed by atoms with E-state index in [0.717, 1.165) is 5.56 Å². The van der Waals surface area contributed by atoms with Crippen molar-refractivity contribution in [1.82, 2.24) is 0 Å². The van der Waals surface area contributed by atoms with Gasteiger partial charge in [-0.05, 0) is 24.1 Å². The topological polar surface area (TPSA) is 39.4 Å². The minimum absolute atomic E-state index is 0.253. The quantitative estimate of drug-likeness (QED) is 0.752. The summed E-state index contributed by atoms with van der Waals surface area (Å²) in [6, 6.07) is 1.77. The molecule has 0 atom stereocenters. The maximum Gasteiger partial charge on any atom is 0.374 e. The van der Waals surface area contributed by atoms with Gasteiger partial charge in [0.1, 0.15) is 5.76 Å². The number of ether oxygens (including phenoxy) is 1. The van der Waals surface area contributed by atoms with Gasteiger partial charge in [-0.25, -0.2) is 4.79 Å². The van der Waals surface area contributed by atoms with Crippen molar-refractivity contribution in [3.8, 4) is 0 Å². The first-order chi connectivity index (χ1) is 6.19. The van der Waals surface area contributed by atoms with E-state index in [4.69, 9.17) is 4.42 Å². The predicted molar refractivity (Wildman–Crippen MR) is 52.7 cm³/mol. The van der Waals surface area contributed by atoms with Crippen LogP contribution in [0.3, 0.4) is 0 Å². The highest BCUT2D eigenvalue weighted by molar-refractivity contribution is 9.11. The maximum absolute atomic E-state index is 11.1. The Morgan fingerprint density at radius 2 is 2.38 bits per heavy atom. The number of hydrogen-bond donors (Lipinski definition) is 0. The Morgan fingerprint density at radius 1 is 1.69 bits per heavy atom. The van der Waals surface area contributed by atoms with E-state index >= 15 is 0 Å². The molecule has 1 rings (SSSR count). The Bertz CT molecular complexity index is 339. The molecule has 13 heavy (non-hydrogen) atoms. The van der Waals surface area contributed by atoms with Gasteiger partial charge < -0.3 is 9.15 Å². The minimum atomic E-state index is -0.452. The molecule has 0 aliphatic rings. The lowest BCUT2D eigenvalue weighted by atomic mass is 10.2. The van der Waals surface area contributed by atoms with Gasteiger partial charge in [-0.1, -0.05) is 15.9 Å². The molecule has 1 aromatic heterocycles. The normalized spacial score (nSPS) is 10.7. The van der Waals surface area contributed by atoms with E-state index in [1.54, 1.807) is 24.1 Å². The van der Waals surface area contributed by atoms with Crippen molar-refractivity contribution in [2.45, 2.75) is 6.92 Å². The number of aryl methyl sites for hydroxylation is 1. The minimum Gasteiger partial charge on any atom is -0.463 e. The molecule has 0 N–H and O–H groups in total. The molecule has 0 aromatic carbocycles. The zero-order chi connectivity index (χ0) is 9.84.